The van der Waals surface area contributed by atoms with Crippen LogP contribution in [0.3, 0.4) is 0 Å². The molecule has 0 radical (unpaired) electrons. The Morgan fingerprint density at radius 1 is 1.26 bits per heavy atom. The van der Waals surface area contributed by atoms with Crippen molar-refractivity contribution in [3.63, 3.8) is 0 Å². The number of hydrogen-bond acceptors (Lipinski definition) is 4. The molecule has 0 amide bonds. The summed E-state index contributed by atoms with van der Waals surface area (Å²) < 4.78 is 11.9. The van der Waals surface area contributed by atoms with Crippen molar-refractivity contribution in [1.82, 2.24) is 0 Å². The third kappa shape index (κ3) is 3.88. The van der Waals surface area contributed by atoms with Crippen molar-refractivity contribution in [2.24, 2.45) is 0 Å². The Bertz CT molecular complexity index is 542. The quantitative estimate of drug-likeness (QED) is 0.837. The molecule has 102 valence electrons. The van der Waals surface area contributed by atoms with Gasteiger partial charge < -0.3 is 14.8 Å². The molecule has 0 aliphatic rings. The molecular weight excluding hydrogens is 326 g/mol. The van der Waals surface area contributed by atoms with Crippen molar-refractivity contribution in [3.05, 3.63) is 39.0 Å². The van der Waals surface area contributed by atoms with Crippen molar-refractivity contribution < 1.29 is 9.47 Å². The molecule has 0 aliphatic heterocycles. The van der Waals surface area contributed by atoms with Crippen molar-refractivity contribution in [2.75, 3.05) is 19.0 Å². The van der Waals surface area contributed by atoms with Crippen LogP contribution in [0.2, 0.25) is 0 Å². The Kier molecular flexibility index (Phi) is 5.10. The Morgan fingerprint density at radius 3 is 2.74 bits per heavy atom. The highest BCUT2D eigenvalue weighted by atomic mass is 79.9. The topological polar surface area (TPSA) is 30.5 Å². The van der Waals surface area contributed by atoms with E-state index in [1.165, 1.54) is 4.88 Å². The first-order valence-electron chi connectivity index (χ1n) is 6.00. The Morgan fingerprint density at radius 2 is 2.11 bits per heavy atom. The van der Waals surface area contributed by atoms with Crippen molar-refractivity contribution in [1.29, 1.82) is 0 Å². The van der Waals surface area contributed by atoms with E-state index in [4.69, 9.17) is 9.47 Å². The van der Waals surface area contributed by atoms with E-state index < -0.39 is 0 Å². The van der Waals surface area contributed by atoms with E-state index in [2.05, 4.69) is 32.7 Å². The van der Waals surface area contributed by atoms with Crippen LogP contribution >= 0.6 is 27.3 Å². The van der Waals surface area contributed by atoms with Crippen molar-refractivity contribution in [3.8, 4) is 11.5 Å². The van der Waals surface area contributed by atoms with Crippen LogP contribution in [0.4, 0.5) is 5.69 Å². The molecule has 0 bridgehead atoms. The SMILES string of the molecule is CCOc1ccc(NCc2cc(Br)cs2)cc1OC. The summed E-state index contributed by atoms with van der Waals surface area (Å²) in [6, 6.07) is 7.99. The zero-order chi connectivity index (χ0) is 13.7. The monoisotopic (exact) mass is 341 g/mol. The highest BCUT2D eigenvalue weighted by Crippen LogP contribution is 2.30. The molecule has 0 saturated heterocycles. The summed E-state index contributed by atoms with van der Waals surface area (Å²) in [6.07, 6.45) is 0. The average Bonchev–Trinajstić information content (AvgIpc) is 2.83. The molecule has 1 aromatic heterocycles. The van der Waals surface area contributed by atoms with Gasteiger partial charge in [0.2, 0.25) is 0 Å². The molecule has 1 aromatic carbocycles. The number of methoxy groups -OCH3 is 1. The Balaban J connectivity index is 2.04. The van der Waals surface area contributed by atoms with Crippen LogP contribution in [-0.4, -0.2) is 13.7 Å². The maximum Gasteiger partial charge on any atom is 0.162 e. The van der Waals surface area contributed by atoms with E-state index in [9.17, 15) is 0 Å². The maximum atomic E-state index is 5.49. The summed E-state index contributed by atoms with van der Waals surface area (Å²) in [5, 5.41) is 5.45. The highest BCUT2D eigenvalue weighted by molar-refractivity contribution is 9.10. The third-order valence-corrected chi connectivity index (χ3v) is 4.25. The predicted octanol–water partition coefficient (Wildman–Crippen LogP) is 4.53. The first-order chi connectivity index (χ1) is 9.22. The molecule has 0 atom stereocenters. The minimum absolute atomic E-state index is 0.631. The largest absolute Gasteiger partial charge is 0.493 e. The standard InChI is InChI=1S/C14H16BrNO2S/c1-3-18-13-5-4-11(7-14(13)17-2)16-8-12-6-10(15)9-19-12/h4-7,9,16H,3,8H2,1-2H3. The van der Waals surface area contributed by atoms with Crippen molar-refractivity contribution >= 4 is 33.0 Å². The first-order valence-corrected chi connectivity index (χ1v) is 7.67. The molecule has 0 spiro atoms. The van der Waals surface area contributed by atoms with E-state index in [0.717, 1.165) is 28.2 Å². The molecule has 1 heterocycles. The van der Waals surface area contributed by atoms with Crippen LogP contribution in [0.25, 0.3) is 0 Å². The molecule has 2 aromatic rings. The molecule has 19 heavy (non-hydrogen) atoms. The van der Waals surface area contributed by atoms with E-state index in [0.29, 0.717) is 6.61 Å². The third-order valence-electron chi connectivity index (χ3n) is 2.55. The highest BCUT2D eigenvalue weighted by Gasteiger charge is 2.05. The Labute approximate surface area is 125 Å². The second-order valence-corrected chi connectivity index (χ2v) is 5.79. The number of hydrogen-bond donors (Lipinski definition) is 1. The summed E-state index contributed by atoms with van der Waals surface area (Å²) >= 11 is 5.18. The Hall–Kier alpha value is -1.20. The van der Waals surface area contributed by atoms with E-state index in [1.807, 2.05) is 25.1 Å². The number of nitrogens with one attached hydrogen (secondary N) is 1. The van der Waals surface area contributed by atoms with Crippen molar-refractivity contribution in [2.45, 2.75) is 13.5 Å². The van der Waals surface area contributed by atoms with E-state index >= 15 is 0 Å². The van der Waals surface area contributed by atoms with Crippen LogP contribution < -0.4 is 14.8 Å². The second-order valence-electron chi connectivity index (χ2n) is 3.88. The lowest BCUT2D eigenvalue weighted by Gasteiger charge is -2.11. The van der Waals surface area contributed by atoms with Gasteiger partial charge in [0.15, 0.2) is 11.5 Å². The minimum atomic E-state index is 0.631. The molecule has 2 rings (SSSR count). The van der Waals surface area contributed by atoms with Gasteiger partial charge in [0.05, 0.1) is 13.7 Å². The molecule has 3 nitrogen and oxygen atoms in total. The lowest BCUT2D eigenvalue weighted by molar-refractivity contribution is 0.311. The van der Waals surface area contributed by atoms with Gasteiger partial charge in [0.1, 0.15) is 0 Å². The fourth-order valence-electron chi connectivity index (χ4n) is 1.69. The summed E-state index contributed by atoms with van der Waals surface area (Å²) in [5.41, 5.74) is 1.02. The number of rotatable bonds is 6. The fourth-order valence-corrected chi connectivity index (χ4v) is 3.08. The normalized spacial score (nSPS) is 10.3. The van der Waals surface area contributed by atoms with Gasteiger partial charge in [-0.15, -0.1) is 11.3 Å². The average molecular weight is 342 g/mol. The van der Waals surface area contributed by atoms with Gasteiger partial charge in [-0.3, -0.25) is 0 Å². The number of halogens is 1. The molecule has 0 unspecified atom stereocenters. The van der Waals surface area contributed by atoms with Gasteiger partial charge in [-0.05, 0) is 41.1 Å². The van der Waals surface area contributed by atoms with Crippen LogP contribution in [0.15, 0.2) is 34.1 Å². The van der Waals surface area contributed by atoms with Crippen LogP contribution in [0.1, 0.15) is 11.8 Å². The minimum Gasteiger partial charge on any atom is -0.493 e. The van der Waals surface area contributed by atoms with Crippen LogP contribution in [-0.2, 0) is 6.54 Å². The number of anilines is 1. The van der Waals surface area contributed by atoms with E-state index in [-0.39, 0.29) is 0 Å². The number of ether oxygens (including phenoxy) is 2. The molecule has 0 aliphatic carbocycles. The van der Waals surface area contributed by atoms with E-state index in [1.54, 1.807) is 18.4 Å². The summed E-state index contributed by atoms with van der Waals surface area (Å²) in [7, 11) is 1.65. The number of benzene rings is 1. The zero-order valence-corrected chi connectivity index (χ0v) is 13.3. The maximum absolute atomic E-state index is 5.49. The molecule has 0 saturated carbocycles. The lowest BCUT2D eigenvalue weighted by Crippen LogP contribution is -1.99. The van der Waals surface area contributed by atoms with Gasteiger partial charge in [-0.25, -0.2) is 0 Å². The van der Waals surface area contributed by atoms with Gasteiger partial charge in [0.25, 0.3) is 0 Å². The fraction of sp³-hybridized carbons (Fsp3) is 0.286. The second kappa shape index (κ2) is 6.82. The molecular formula is C14H16BrNO2S. The summed E-state index contributed by atoms with van der Waals surface area (Å²) in [5.74, 6) is 1.52. The molecule has 1 N–H and O–H groups in total. The first kappa shape index (κ1) is 14.2. The smallest absolute Gasteiger partial charge is 0.162 e. The van der Waals surface area contributed by atoms with Gasteiger partial charge in [-0.1, -0.05) is 0 Å². The lowest BCUT2D eigenvalue weighted by atomic mass is 10.2. The zero-order valence-electron chi connectivity index (χ0n) is 10.9. The predicted molar refractivity (Wildman–Crippen MR) is 83.5 cm³/mol. The molecule has 0 fully saturated rings. The summed E-state index contributed by atoms with van der Waals surface area (Å²) in [4.78, 5) is 1.28. The van der Waals surface area contributed by atoms with Crippen LogP contribution in [0.5, 0.6) is 11.5 Å². The number of thiophene rings is 1. The van der Waals surface area contributed by atoms with Gasteiger partial charge in [-0.2, -0.15) is 0 Å². The van der Waals surface area contributed by atoms with Gasteiger partial charge in [0, 0.05) is 33.0 Å². The summed E-state index contributed by atoms with van der Waals surface area (Å²) in [6.45, 7) is 3.39. The van der Waals surface area contributed by atoms with Gasteiger partial charge >= 0.3 is 0 Å². The van der Waals surface area contributed by atoms with Crippen LogP contribution in [0, 0.1) is 0 Å². The molecule has 5 heteroatoms.